The number of nitrogens with two attached hydrogens (primary N) is 2. The average Bonchev–Trinajstić information content (AvgIpc) is 3.18. The van der Waals surface area contributed by atoms with E-state index in [9.17, 15) is 4.79 Å². The lowest BCUT2D eigenvalue weighted by Crippen LogP contribution is -2.49. The zero-order valence-corrected chi connectivity index (χ0v) is 17.4. The molecule has 7 heteroatoms. The van der Waals surface area contributed by atoms with Gasteiger partial charge in [0, 0.05) is 11.1 Å². The second kappa shape index (κ2) is 6.05. The molecule has 2 amide bonds. The Morgan fingerprint density at radius 3 is 2.82 bits per heavy atom. The number of rotatable bonds is 1. The highest BCUT2D eigenvalue weighted by Crippen LogP contribution is 2.65. The Balaban J connectivity index is 1.49. The molecule has 1 aromatic heterocycles. The third kappa shape index (κ3) is 2.41. The molecule has 4 aliphatic carbocycles. The zero-order chi connectivity index (χ0) is 19.7. The zero-order valence-electron chi connectivity index (χ0n) is 16.6. The van der Waals surface area contributed by atoms with Crippen molar-refractivity contribution in [2.45, 2.75) is 58.8 Å². The smallest absolute Gasteiger partial charge is 0.332 e. The van der Waals surface area contributed by atoms with E-state index >= 15 is 0 Å². The molecule has 2 saturated carbocycles. The Hall–Kier alpha value is -1.89. The van der Waals surface area contributed by atoms with E-state index < -0.39 is 6.03 Å². The lowest BCUT2D eigenvalue weighted by molar-refractivity contribution is 0.0116. The van der Waals surface area contributed by atoms with Crippen LogP contribution in [0.3, 0.4) is 0 Å². The maximum atomic E-state index is 11.1. The molecule has 150 valence electrons. The number of nitrogens with one attached hydrogen (secondary N) is 1. The van der Waals surface area contributed by atoms with Crippen molar-refractivity contribution in [2.24, 2.45) is 39.4 Å². The van der Waals surface area contributed by atoms with Crippen LogP contribution < -0.4 is 16.9 Å². The molecule has 1 aromatic rings. The van der Waals surface area contributed by atoms with Gasteiger partial charge in [0.2, 0.25) is 0 Å². The van der Waals surface area contributed by atoms with E-state index in [2.05, 4.69) is 35.4 Å². The Morgan fingerprint density at radius 1 is 1.25 bits per heavy atom. The van der Waals surface area contributed by atoms with E-state index in [1.54, 1.807) is 11.3 Å². The molecule has 0 unspecified atom stereocenters. The van der Waals surface area contributed by atoms with Gasteiger partial charge in [-0.1, -0.05) is 31.3 Å². The number of anilines is 1. The largest absolute Gasteiger partial charge is 0.375 e. The van der Waals surface area contributed by atoms with Crippen LogP contribution >= 0.6 is 11.3 Å². The molecule has 28 heavy (non-hydrogen) atoms. The SMILES string of the molecule is C[C@]12CCc3nc(N)sc3C1=CC[C@@H]1[C@@H]2CC[C@]2(C)/C(=N/NC(N)=O)CC[C@@H]12. The van der Waals surface area contributed by atoms with E-state index in [0.29, 0.717) is 22.9 Å². The van der Waals surface area contributed by atoms with Gasteiger partial charge in [-0.2, -0.15) is 5.10 Å². The van der Waals surface area contributed by atoms with Crippen LogP contribution in [0.25, 0.3) is 5.57 Å². The van der Waals surface area contributed by atoms with Gasteiger partial charge in [0.1, 0.15) is 0 Å². The number of hydrogen-bond acceptors (Lipinski definition) is 5. The molecule has 0 bridgehead atoms. The fraction of sp³-hybridized carbons (Fsp3) is 0.667. The molecule has 0 aliphatic heterocycles. The van der Waals surface area contributed by atoms with Gasteiger partial charge >= 0.3 is 6.03 Å². The number of allylic oxidation sites excluding steroid dienone is 2. The Labute approximate surface area is 169 Å². The molecule has 0 saturated heterocycles. The van der Waals surface area contributed by atoms with Crippen molar-refractivity contribution in [2.75, 3.05) is 5.73 Å². The minimum atomic E-state index is -0.576. The van der Waals surface area contributed by atoms with Gasteiger partial charge < -0.3 is 11.5 Å². The van der Waals surface area contributed by atoms with E-state index in [-0.39, 0.29) is 10.8 Å². The quantitative estimate of drug-likeness (QED) is 0.623. The molecule has 5 N–H and O–H groups in total. The van der Waals surface area contributed by atoms with Crippen molar-refractivity contribution in [3.05, 3.63) is 16.6 Å². The summed E-state index contributed by atoms with van der Waals surface area (Å²) in [6, 6.07) is -0.576. The molecule has 5 rings (SSSR count). The van der Waals surface area contributed by atoms with E-state index in [1.165, 1.54) is 29.0 Å². The number of fused-ring (bicyclic) bond motifs is 7. The lowest BCUT2D eigenvalue weighted by atomic mass is 9.48. The summed E-state index contributed by atoms with van der Waals surface area (Å²) in [5.41, 5.74) is 17.9. The fourth-order valence-electron chi connectivity index (χ4n) is 6.99. The number of urea groups is 1. The topological polar surface area (TPSA) is 106 Å². The van der Waals surface area contributed by atoms with Crippen LogP contribution in [0.2, 0.25) is 0 Å². The number of aryl methyl sites for hydroxylation is 1. The van der Waals surface area contributed by atoms with Gasteiger partial charge in [-0.3, -0.25) is 0 Å². The maximum absolute atomic E-state index is 11.1. The minimum absolute atomic E-state index is 0.0834. The van der Waals surface area contributed by atoms with Gasteiger partial charge in [0.05, 0.1) is 10.6 Å². The van der Waals surface area contributed by atoms with Crippen LogP contribution in [0, 0.1) is 28.6 Å². The molecule has 0 radical (unpaired) electrons. The third-order valence-electron chi connectivity index (χ3n) is 8.35. The molecule has 2 fully saturated rings. The summed E-state index contributed by atoms with van der Waals surface area (Å²) in [5.74, 6) is 2.01. The van der Waals surface area contributed by atoms with Crippen molar-refractivity contribution >= 4 is 33.8 Å². The van der Waals surface area contributed by atoms with Crippen LogP contribution in [0.15, 0.2) is 11.2 Å². The second-order valence-electron chi connectivity index (χ2n) is 9.51. The molecule has 0 spiro atoms. The fourth-order valence-corrected chi connectivity index (χ4v) is 8.05. The number of aromatic nitrogens is 1. The van der Waals surface area contributed by atoms with Gasteiger partial charge in [0.25, 0.3) is 0 Å². The third-order valence-corrected chi connectivity index (χ3v) is 9.31. The van der Waals surface area contributed by atoms with Gasteiger partial charge in [-0.05, 0) is 73.7 Å². The molecule has 1 heterocycles. The highest BCUT2D eigenvalue weighted by atomic mass is 32.1. The number of hydrazone groups is 1. The summed E-state index contributed by atoms with van der Waals surface area (Å²) >= 11 is 1.67. The first-order valence-electron chi connectivity index (χ1n) is 10.4. The maximum Gasteiger partial charge on any atom is 0.332 e. The molecule has 0 aromatic carbocycles. The van der Waals surface area contributed by atoms with Crippen LogP contribution in [0.1, 0.15) is 62.9 Å². The number of nitrogen functional groups attached to an aromatic ring is 1. The predicted octanol–water partition coefficient (Wildman–Crippen LogP) is 3.93. The molecular weight excluding hydrogens is 370 g/mol. The summed E-state index contributed by atoms with van der Waals surface area (Å²) in [6.07, 6.45) is 10.3. The van der Waals surface area contributed by atoms with Crippen molar-refractivity contribution < 1.29 is 4.79 Å². The molecule has 5 atom stereocenters. The number of carbonyl (C=O) groups excluding carboxylic acids is 1. The molecular formula is C21H29N5OS. The summed E-state index contributed by atoms with van der Waals surface area (Å²) in [6.45, 7) is 4.84. The second-order valence-corrected chi connectivity index (χ2v) is 10.5. The van der Waals surface area contributed by atoms with Gasteiger partial charge in [-0.25, -0.2) is 15.2 Å². The number of hydrogen-bond donors (Lipinski definition) is 3. The molecule has 6 nitrogen and oxygen atoms in total. The Kier molecular flexibility index (Phi) is 3.92. The van der Waals surface area contributed by atoms with E-state index in [0.717, 1.165) is 37.8 Å². The Bertz CT molecular complexity index is 905. The molecule has 4 aliphatic rings. The van der Waals surface area contributed by atoms with Gasteiger partial charge in [0.15, 0.2) is 5.13 Å². The summed E-state index contributed by atoms with van der Waals surface area (Å²) in [5, 5.41) is 5.10. The van der Waals surface area contributed by atoms with Crippen molar-refractivity contribution in [3.8, 4) is 0 Å². The summed E-state index contributed by atoms with van der Waals surface area (Å²) < 4.78 is 0. The van der Waals surface area contributed by atoms with Crippen molar-refractivity contribution in [3.63, 3.8) is 0 Å². The Morgan fingerprint density at radius 2 is 2.04 bits per heavy atom. The first kappa shape index (κ1) is 18.2. The van der Waals surface area contributed by atoms with Crippen LogP contribution in [0.5, 0.6) is 0 Å². The van der Waals surface area contributed by atoms with Crippen LogP contribution in [-0.4, -0.2) is 16.7 Å². The number of thiazole rings is 1. The van der Waals surface area contributed by atoms with Crippen LogP contribution in [-0.2, 0) is 6.42 Å². The standard InChI is InChI=1S/C21H29N5OS/c1-20-10-8-15-17(28-19(23)24-15)14(20)4-3-11-12-5-6-16(25-26-18(22)27)21(12,2)9-7-13(11)20/h4,11-13H,3,5-10H2,1-2H3,(H2,23,24)(H3,22,26,27)/b25-16+/t11-,12-,13-,20+,21-/m0/s1. The average molecular weight is 400 g/mol. The first-order chi connectivity index (χ1) is 13.3. The van der Waals surface area contributed by atoms with Crippen molar-refractivity contribution in [1.82, 2.24) is 10.4 Å². The highest BCUT2D eigenvalue weighted by molar-refractivity contribution is 7.16. The number of nitrogens with zero attached hydrogens (tertiary/aromatic N) is 2. The number of primary amides is 1. The van der Waals surface area contributed by atoms with E-state index in [1.807, 2.05) is 0 Å². The monoisotopic (exact) mass is 399 g/mol. The van der Waals surface area contributed by atoms with Crippen molar-refractivity contribution in [1.29, 1.82) is 0 Å². The predicted molar refractivity (Wildman–Crippen MR) is 113 cm³/mol. The number of carbonyl (C=O) groups is 1. The summed E-state index contributed by atoms with van der Waals surface area (Å²) in [7, 11) is 0. The van der Waals surface area contributed by atoms with Gasteiger partial charge in [-0.15, -0.1) is 0 Å². The lowest BCUT2D eigenvalue weighted by Gasteiger charge is -2.56. The number of amides is 2. The minimum Gasteiger partial charge on any atom is -0.375 e. The summed E-state index contributed by atoms with van der Waals surface area (Å²) in [4.78, 5) is 17.1. The van der Waals surface area contributed by atoms with Crippen LogP contribution in [0.4, 0.5) is 9.93 Å². The normalized spacial score (nSPS) is 40.1. The highest BCUT2D eigenvalue weighted by Gasteiger charge is 2.58. The van der Waals surface area contributed by atoms with E-state index in [4.69, 9.17) is 11.5 Å². The first-order valence-corrected chi connectivity index (χ1v) is 11.2.